The number of anilines is 1. The predicted molar refractivity (Wildman–Crippen MR) is 62.7 cm³/mol. The maximum Gasteiger partial charge on any atom is 0.198 e. The average Bonchev–Trinajstić information content (AvgIpc) is 2.57. The summed E-state index contributed by atoms with van der Waals surface area (Å²) in [6.07, 6.45) is 0. The molecule has 0 aliphatic carbocycles. The highest BCUT2D eigenvalue weighted by Gasteiger charge is 2.12. The van der Waals surface area contributed by atoms with Gasteiger partial charge in [0.2, 0.25) is 0 Å². The van der Waals surface area contributed by atoms with Crippen LogP contribution < -0.4 is 10.5 Å². The normalized spacial score (nSPS) is 10.3. The molecule has 1 aromatic carbocycles. The Bertz CT molecular complexity index is 481. The van der Waals surface area contributed by atoms with Gasteiger partial charge in [-0.15, -0.1) is 0 Å². The number of benzene rings is 1. The number of aromatic nitrogens is 2. The van der Waals surface area contributed by atoms with Gasteiger partial charge in [0, 0.05) is 5.56 Å². The van der Waals surface area contributed by atoms with Crippen molar-refractivity contribution in [2.45, 2.75) is 0 Å². The Labute approximate surface area is 95.6 Å². The van der Waals surface area contributed by atoms with E-state index >= 15 is 0 Å². The first-order valence-corrected chi connectivity index (χ1v) is 5.16. The molecule has 1 heterocycles. The lowest BCUT2D eigenvalue weighted by atomic mass is 10.1. The molecule has 5 heteroatoms. The number of hydrogen-bond acceptors (Lipinski definition) is 3. The molecule has 0 amide bonds. The molecule has 0 aliphatic heterocycles. The van der Waals surface area contributed by atoms with Gasteiger partial charge in [-0.25, -0.2) is 4.98 Å². The van der Waals surface area contributed by atoms with Gasteiger partial charge in [-0.2, -0.15) is 0 Å². The zero-order valence-corrected chi connectivity index (χ0v) is 9.71. The number of aromatic amines is 1. The van der Waals surface area contributed by atoms with Crippen molar-refractivity contribution in [1.82, 2.24) is 9.97 Å². The Hall–Kier alpha value is -1.49. The first-order valence-electron chi connectivity index (χ1n) is 4.36. The van der Waals surface area contributed by atoms with Crippen molar-refractivity contribution in [3.63, 3.8) is 0 Å². The third kappa shape index (κ3) is 1.83. The van der Waals surface area contributed by atoms with Crippen molar-refractivity contribution < 1.29 is 4.74 Å². The van der Waals surface area contributed by atoms with Crippen LogP contribution in [0.25, 0.3) is 11.3 Å². The van der Waals surface area contributed by atoms with E-state index in [1.165, 1.54) is 0 Å². The Morgan fingerprint density at radius 2 is 2.13 bits per heavy atom. The Morgan fingerprint density at radius 3 is 2.73 bits per heavy atom. The summed E-state index contributed by atoms with van der Waals surface area (Å²) in [5, 5.41) is 0. The molecule has 1 aromatic heterocycles. The number of nitrogens with one attached hydrogen (secondary N) is 1. The third-order valence-corrected chi connectivity index (χ3v) is 2.61. The van der Waals surface area contributed by atoms with Crippen LogP contribution in [0.2, 0.25) is 0 Å². The summed E-state index contributed by atoms with van der Waals surface area (Å²) in [4.78, 5) is 7.07. The topological polar surface area (TPSA) is 63.9 Å². The fraction of sp³-hybridized carbons (Fsp3) is 0.100. The minimum Gasteiger partial charge on any atom is -0.496 e. The van der Waals surface area contributed by atoms with E-state index in [1.807, 2.05) is 24.3 Å². The van der Waals surface area contributed by atoms with Crippen LogP contribution in [0.5, 0.6) is 5.75 Å². The number of H-pyrrole nitrogens is 1. The molecule has 2 aromatic rings. The maximum absolute atomic E-state index is 5.57. The van der Waals surface area contributed by atoms with Gasteiger partial charge < -0.3 is 15.5 Å². The summed E-state index contributed by atoms with van der Waals surface area (Å²) < 4.78 is 6.00. The number of halogens is 1. The van der Waals surface area contributed by atoms with Crippen molar-refractivity contribution in [1.29, 1.82) is 0 Å². The molecular weight excluding hydrogens is 258 g/mol. The summed E-state index contributed by atoms with van der Waals surface area (Å²) in [6, 6.07) is 7.65. The molecule has 0 unspecified atom stereocenters. The molecule has 4 nitrogen and oxygen atoms in total. The second kappa shape index (κ2) is 3.94. The second-order valence-corrected chi connectivity index (χ2v) is 3.78. The molecule has 0 saturated heterocycles. The third-order valence-electron chi connectivity index (χ3n) is 2.04. The highest BCUT2D eigenvalue weighted by atomic mass is 79.9. The van der Waals surface area contributed by atoms with E-state index in [2.05, 4.69) is 25.9 Å². The standard InChI is InChI=1S/C10H10BrN3O/c1-15-7-5-3-2-4-6(7)8-9(11)14-10(12)13-8/h2-5H,1H3,(H3,12,13,14). The molecule has 0 radical (unpaired) electrons. The minimum atomic E-state index is 0.378. The summed E-state index contributed by atoms with van der Waals surface area (Å²) in [6.45, 7) is 0. The van der Waals surface area contributed by atoms with Gasteiger partial charge in [0.25, 0.3) is 0 Å². The maximum atomic E-state index is 5.57. The van der Waals surface area contributed by atoms with Gasteiger partial charge in [-0.05, 0) is 28.1 Å². The average molecular weight is 268 g/mol. The molecule has 78 valence electrons. The van der Waals surface area contributed by atoms with Crippen molar-refractivity contribution >= 4 is 21.9 Å². The van der Waals surface area contributed by atoms with Crippen LogP contribution in [-0.2, 0) is 0 Å². The van der Waals surface area contributed by atoms with Crippen molar-refractivity contribution in [2.75, 3.05) is 12.8 Å². The number of para-hydroxylation sites is 1. The fourth-order valence-corrected chi connectivity index (χ4v) is 1.89. The van der Waals surface area contributed by atoms with Crippen LogP contribution in [0.4, 0.5) is 5.95 Å². The van der Waals surface area contributed by atoms with Crippen molar-refractivity contribution in [2.24, 2.45) is 0 Å². The molecule has 0 spiro atoms. The number of methoxy groups -OCH3 is 1. The Morgan fingerprint density at radius 1 is 1.40 bits per heavy atom. The lowest BCUT2D eigenvalue weighted by Crippen LogP contribution is -1.89. The molecule has 2 rings (SSSR count). The molecule has 0 aliphatic rings. The van der Waals surface area contributed by atoms with E-state index in [-0.39, 0.29) is 0 Å². The van der Waals surface area contributed by atoms with E-state index in [1.54, 1.807) is 7.11 Å². The quantitative estimate of drug-likeness (QED) is 0.879. The smallest absolute Gasteiger partial charge is 0.198 e. The number of imidazole rings is 1. The van der Waals surface area contributed by atoms with Crippen LogP contribution in [-0.4, -0.2) is 17.1 Å². The van der Waals surface area contributed by atoms with Crippen molar-refractivity contribution in [3.8, 4) is 17.0 Å². The van der Waals surface area contributed by atoms with E-state index in [0.29, 0.717) is 5.95 Å². The molecule has 0 fully saturated rings. The van der Waals surface area contributed by atoms with Gasteiger partial charge in [-0.1, -0.05) is 12.1 Å². The first kappa shape index (κ1) is 10.0. The first-order chi connectivity index (χ1) is 7.22. The number of nitrogens with zero attached hydrogens (tertiary/aromatic N) is 1. The van der Waals surface area contributed by atoms with Gasteiger partial charge in [-0.3, -0.25) is 0 Å². The summed E-state index contributed by atoms with van der Waals surface area (Å²) in [5.41, 5.74) is 7.23. The Balaban J connectivity index is 2.58. The van der Waals surface area contributed by atoms with Crippen LogP contribution >= 0.6 is 15.9 Å². The lowest BCUT2D eigenvalue weighted by Gasteiger charge is -2.05. The van der Waals surface area contributed by atoms with Crippen LogP contribution in [0.3, 0.4) is 0 Å². The zero-order valence-electron chi connectivity index (χ0n) is 8.12. The zero-order chi connectivity index (χ0) is 10.8. The largest absolute Gasteiger partial charge is 0.496 e. The van der Waals surface area contributed by atoms with Gasteiger partial charge in [0.1, 0.15) is 16.0 Å². The fourth-order valence-electron chi connectivity index (χ4n) is 1.39. The number of rotatable bonds is 2. The molecule has 3 N–H and O–H groups in total. The van der Waals surface area contributed by atoms with Crippen LogP contribution in [0.15, 0.2) is 28.9 Å². The number of ether oxygens (including phenoxy) is 1. The molecule has 0 atom stereocenters. The Kier molecular flexibility index (Phi) is 2.64. The van der Waals surface area contributed by atoms with Gasteiger partial charge >= 0.3 is 0 Å². The molecule has 0 bridgehead atoms. The number of hydrogen-bond donors (Lipinski definition) is 2. The second-order valence-electron chi connectivity index (χ2n) is 2.98. The predicted octanol–water partition coefficient (Wildman–Crippen LogP) is 2.43. The SMILES string of the molecule is COc1ccccc1-c1nc(N)[nH]c1Br. The molecule has 15 heavy (non-hydrogen) atoms. The van der Waals surface area contributed by atoms with Gasteiger partial charge in [0.15, 0.2) is 5.95 Å². The van der Waals surface area contributed by atoms with E-state index in [9.17, 15) is 0 Å². The highest BCUT2D eigenvalue weighted by Crippen LogP contribution is 2.33. The molecule has 0 saturated carbocycles. The number of nitrogens with two attached hydrogens (primary N) is 1. The number of nitrogen functional groups attached to an aromatic ring is 1. The minimum absolute atomic E-state index is 0.378. The van der Waals surface area contributed by atoms with E-state index in [4.69, 9.17) is 10.5 Å². The lowest BCUT2D eigenvalue weighted by molar-refractivity contribution is 0.416. The monoisotopic (exact) mass is 267 g/mol. The van der Waals surface area contributed by atoms with E-state index in [0.717, 1.165) is 21.6 Å². The van der Waals surface area contributed by atoms with Crippen LogP contribution in [0, 0.1) is 0 Å². The summed E-state index contributed by atoms with van der Waals surface area (Å²) in [7, 11) is 1.63. The van der Waals surface area contributed by atoms with E-state index < -0.39 is 0 Å². The summed E-state index contributed by atoms with van der Waals surface area (Å²) >= 11 is 3.36. The van der Waals surface area contributed by atoms with Crippen molar-refractivity contribution in [3.05, 3.63) is 28.9 Å². The summed E-state index contributed by atoms with van der Waals surface area (Å²) in [5.74, 6) is 1.15. The highest BCUT2D eigenvalue weighted by molar-refractivity contribution is 9.10. The molecular formula is C10H10BrN3O. The van der Waals surface area contributed by atoms with Crippen LogP contribution in [0.1, 0.15) is 0 Å². The van der Waals surface area contributed by atoms with Gasteiger partial charge in [0.05, 0.1) is 7.11 Å².